The molecule has 7 N–H and O–H groups in total. The number of carbonyl (C=O) groups excluding carboxylic acids is 2. The first-order valence-corrected chi connectivity index (χ1v) is 18.0. The van der Waals surface area contributed by atoms with Crippen LogP contribution in [0.3, 0.4) is 0 Å². The Labute approximate surface area is 270 Å². The number of ether oxygens (including phenoxy) is 1. The van der Waals surface area contributed by atoms with Gasteiger partial charge in [-0.2, -0.15) is 0 Å². The zero-order valence-corrected chi connectivity index (χ0v) is 27.5. The number of esters is 1. The van der Waals surface area contributed by atoms with Crippen LogP contribution in [0.4, 0.5) is 10.1 Å². The van der Waals surface area contributed by atoms with Gasteiger partial charge in [-0.3, -0.25) is 9.59 Å². The van der Waals surface area contributed by atoms with Gasteiger partial charge in [-0.15, -0.1) is 0 Å². The van der Waals surface area contributed by atoms with Gasteiger partial charge >= 0.3 is 5.97 Å². The minimum Gasteiger partial charge on any atom is -0.461 e. The molecule has 2 aliphatic rings. The minimum absolute atomic E-state index is 0.00857. The first kappa shape index (κ1) is 33.9. The number of rotatable bonds is 12. The van der Waals surface area contributed by atoms with Crippen molar-refractivity contribution in [2.24, 2.45) is 22.6 Å². The zero-order valence-electron chi connectivity index (χ0n) is 26.7. The molecular weight excluding hydrogens is 609 g/mol. The zero-order chi connectivity index (χ0) is 33.2. The monoisotopic (exact) mass is 655 g/mol. The normalized spacial score (nSPS) is 21.0. The SMILES string of the molecule is CCC1(CC)Cc2c(-c3ccc(C(N)=O)c(NC4CCC(OC(=O)[C@@H](N)CCCCN)CC4)c3)c3ccc(F)cc3n2S(=O)(=O)C1. The smallest absolute Gasteiger partial charge is 0.323 e. The number of hydrogen-bond donors (Lipinski definition) is 4. The molecule has 12 heteroatoms. The van der Waals surface area contributed by atoms with Crippen molar-refractivity contribution in [3.8, 4) is 11.1 Å². The van der Waals surface area contributed by atoms with Crippen molar-refractivity contribution >= 4 is 38.5 Å². The van der Waals surface area contributed by atoms with Crippen LogP contribution in [0, 0.1) is 11.2 Å². The maximum absolute atomic E-state index is 14.5. The molecule has 46 heavy (non-hydrogen) atoms. The third-order valence-corrected chi connectivity index (χ3v) is 11.9. The Hall–Kier alpha value is -3.48. The molecule has 10 nitrogen and oxygen atoms in total. The number of halogens is 1. The maximum atomic E-state index is 14.5. The minimum atomic E-state index is -3.77. The van der Waals surface area contributed by atoms with Gasteiger partial charge in [-0.25, -0.2) is 16.8 Å². The lowest BCUT2D eigenvalue weighted by Gasteiger charge is -2.36. The van der Waals surface area contributed by atoms with Crippen molar-refractivity contribution in [1.29, 1.82) is 0 Å². The Bertz CT molecular complexity index is 1710. The van der Waals surface area contributed by atoms with E-state index in [2.05, 4.69) is 5.32 Å². The van der Waals surface area contributed by atoms with E-state index in [1.807, 2.05) is 19.9 Å². The van der Waals surface area contributed by atoms with Gasteiger partial charge in [0.2, 0.25) is 10.0 Å². The number of fused-ring (bicyclic) bond motifs is 3. The van der Waals surface area contributed by atoms with E-state index in [-0.39, 0.29) is 17.9 Å². The molecule has 0 unspecified atom stereocenters. The molecule has 1 aliphatic heterocycles. The van der Waals surface area contributed by atoms with Crippen LogP contribution in [0.15, 0.2) is 36.4 Å². The first-order chi connectivity index (χ1) is 21.9. The number of benzene rings is 2. The molecule has 2 aromatic carbocycles. The number of nitrogens with one attached hydrogen (secondary N) is 1. The fraction of sp³-hybridized carbons (Fsp3) is 0.529. The highest BCUT2D eigenvalue weighted by atomic mass is 32.2. The Morgan fingerprint density at radius 3 is 2.46 bits per heavy atom. The molecule has 0 spiro atoms. The van der Waals surface area contributed by atoms with Gasteiger partial charge in [0.05, 0.1) is 16.8 Å². The number of hydrogen-bond acceptors (Lipinski definition) is 8. The predicted octanol–water partition coefficient (Wildman–Crippen LogP) is 4.81. The van der Waals surface area contributed by atoms with Crippen LogP contribution in [-0.4, -0.2) is 54.8 Å². The summed E-state index contributed by atoms with van der Waals surface area (Å²) in [6.45, 7) is 4.58. The van der Waals surface area contributed by atoms with Gasteiger partial charge < -0.3 is 27.3 Å². The summed E-state index contributed by atoms with van der Waals surface area (Å²) >= 11 is 0. The molecule has 1 amide bonds. The van der Waals surface area contributed by atoms with E-state index >= 15 is 0 Å². The lowest BCUT2D eigenvalue weighted by molar-refractivity contribution is -0.152. The molecule has 1 atom stereocenters. The van der Waals surface area contributed by atoms with E-state index in [4.69, 9.17) is 21.9 Å². The molecule has 1 aliphatic carbocycles. The number of nitrogens with zero attached hydrogens (tertiary/aromatic N) is 1. The van der Waals surface area contributed by atoms with Crippen LogP contribution in [0.5, 0.6) is 0 Å². The molecule has 1 aromatic heterocycles. The van der Waals surface area contributed by atoms with Gasteiger partial charge in [-0.05, 0) is 106 Å². The Balaban J connectivity index is 1.44. The molecule has 250 valence electrons. The number of unbranched alkanes of at least 4 members (excludes halogenated alkanes) is 1. The lowest BCUT2D eigenvalue weighted by Crippen LogP contribution is -2.40. The van der Waals surface area contributed by atoms with Crippen molar-refractivity contribution in [2.75, 3.05) is 17.6 Å². The fourth-order valence-corrected chi connectivity index (χ4v) is 9.46. The van der Waals surface area contributed by atoms with E-state index in [9.17, 15) is 22.4 Å². The van der Waals surface area contributed by atoms with Crippen LogP contribution in [0.2, 0.25) is 0 Å². The summed E-state index contributed by atoms with van der Waals surface area (Å²) in [6, 6.07) is 8.84. The molecule has 1 saturated carbocycles. The quantitative estimate of drug-likeness (QED) is 0.159. The molecule has 1 fully saturated rings. The van der Waals surface area contributed by atoms with E-state index in [0.29, 0.717) is 96.9 Å². The van der Waals surface area contributed by atoms with Gasteiger partial charge in [0.15, 0.2) is 0 Å². The van der Waals surface area contributed by atoms with Crippen LogP contribution in [0.1, 0.15) is 87.7 Å². The van der Waals surface area contributed by atoms with Crippen LogP contribution < -0.4 is 22.5 Å². The van der Waals surface area contributed by atoms with Crippen LogP contribution in [0.25, 0.3) is 22.0 Å². The van der Waals surface area contributed by atoms with Crippen LogP contribution >= 0.6 is 0 Å². The molecule has 3 aromatic rings. The third-order valence-electron chi connectivity index (χ3n) is 9.95. The standard InChI is InChI=1S/C34H46FN5O5S/c1-3-34(4-2)19-30-31(26-15-9-22(35)18-29(26)40(30)46(43,44)20-34)21-8-14-25(32(38)41)28(17-21)39-23-10-12-24(13-11-23)45-33(42)27(37)7-5-6-16-36/h8-9,14-15,17-18,23-24,27,39H,3-7,10-13,16,19-20,36-37H2,1-2H3,(H2,38,41)/t23?,24?,27-/m0/s1. The summed E-state index contributed by atoms with van der Waals surface area (Å²) in [4.78, 5) is 25.0. The highest BCUT2D eigenvalue weighted by Gasteiger charge is 2.42. The molecule has 5 rings (SSSR count). The van der Waals surface area contributed by atoms with Gasteiger partial charge in [0, 0.05) is 28.4 Å². The largest absolute Gasteiger partial charge is 0.461 e. The van der Waals surface area contributed by atoms with Crippen molar-refractivity contribution in [3.05, 3.63) is 53.5 Å². The maximum Gasteiger partial charge on any atom is 0.323 e. The molecule has 2 heterocycles. The van der Waals surface area contributed by atoms with E-state index in [0.717, 1.165) is 12.8 Å². The average molecular weight is 656 g/mol. The number of amides is 1. The summed E-state index contributed by atoms with van der Waals surface area (Å²) in [5, 5.41) is 4.12. The third kappa shape index (κ3) is 6.79. The van der Waals surface area contributed by atoms with Gasteiger partial charge in [0.1, 0.15) is 18.0 Å². The number of nitrogens with two attached hydrogens (primary N) is 3. The van der Waals surface area contributed by atoms with E-state index in [1.165, 1.54) is 16.1 Å². The van der Waals surface area contributed by atoms with Crippen molar-refractivity contribution < 1.29 is 27.1 Å². The van der Waals surface area contributed by atoms with E-state index in [1.54, 1.807) is 18.2 Å². The molecular formula is C34H46FN5O5S. The second-order valence-corrected chi connectivity index (χ2v) is 14.8. The molecule has 0 radical (unpaired) electrons. The molecule has 0 bridgehead atoms. The van der Waals surface area contributed by atoms with Gasteiger partial charge in [0.25, 0.3) is 5.91 Å². The Morgan fingerprint density at radius 1 is 1.09 bits per heavy atom. The number of carbonyl (C=O) groups is 2. The van der Waals surface area contributed by atoms with Crippen molar-refractivity contribution in [3.63, 3.8) is 0 Å². The lowest BCUT2D eigenvalue weighted by atomic mass is 9.78. The summed E-state index contributed by atoms with van der Waals surface area (Å²) in [6.07, 6.45) is 6.45. The van der Waals surface area contributed by atoms with Crippen molar-refractivity contribution in [1.82, 2.24) is 3.97 Å². The summed E-state index contributed by atoms with van der Waals surface area (Å²) in [5.74, 6) is -1.51. The summed E-state index contributed by atoms with van der Waals surface area (Å²) in [5.41, 5.74) is 20.1. The summed E-state index contributed by atoms with van der Waals surface area (Å²) in [7, 11) is -3.77. The predicted molar refractivity (Wildman–Crippen MR) is 178 cm³/mol. The Kier molecular flexibility index (Phi) is 10.1. The molecule has 0 saturated heterocycles. The highest BCUT2D eigenvalue weighted by Crippen LogP contribution is 2.46. The van der Waals surface area contributed by atoms with Crippen LogP contribution in [-0.2, 0) is 26.0 Å². The highest BCUT2D eigenvalue weighted by molar-refractivity contribution is 7.90. The first-order valence-electron chi connectivity index (χ1n) is 16.3. The van der Waals surface area contributed by atoms with Crippen molar-refractivity contribution in [2.45, 2.75) is 96.2 Å². The number of aromatic nitrogens is 1. The Morgan fingerprint density at radius 2 is 1.80 bits per heavy atom. The second kappa shape index (κ2) is 13.7. The second-order valence-electron chi connectivity index (χ2n) is 13.0. The number of primary amides is 1. The fourth-order valence-electron chi connectivity index (χ4n) is 7.11. The van der Waals surface area contributed by atoms with E-state index < -0.39 is 39.2 Å². The van der Waals surface area contributed by atoms with Gasteiger partial charge in [-0.1, -0.05) is 26.3 Å². The topological polar surface area (TPSA) is 173 Å². The number of anilines is 1. The summed E-state index contributed by atoms with van der Waals surface area (Å²) < 4.78 is 49.1. The average Bonchev–Trinajstić information content (AvgIpc) is 3.35.